The molecule has 19 heavy (non-hydrogen) atoms. The molecule has 0 amide bonds. The van der Waals surface area contributed by atoms with Crippen molar-refractivity contribution in [2.24, 2.45) is 5.92 Å². The van der Waals surface area contributed by atoms with Crippen molar-refractivity contribution in [2.75, 3.05) is 6.54 Å². The summed E-state index contributed by atoms with van der Waals surface area (Å²) in [7, 11) is -4.03. The molecule has 1 unspecified atom stereocenters. The van der Waals surface area contributed by atoms with Gasteiger partial charge in [0.1, 0.15) is 11.6 Å². The van der Waals surface area contributed by atoms with E-state index in [9.17, 15) is 22.3 Å². The van der Waals surface area contributed by atoms with Gasteiger partial charge in [-0.1, -0.05) is 13.8 Å². The van der Waals surface area contributed by atoms with E-state index in [1.807, 2.05) is 13.8 Å². The first-order valence-corrected chi connectivity index (χ1v) is 7.33. The molecule has 1 aromatic rings. The van der Waals surface area contributed by atoms with E-state index in [1.54, 1.807) is 0 Å². The van der Waals surface area contributed by atoms with Crippen LogP contribution in [0.4, 0.5) is 8.78 Å². The van der Waals surface area contributed by atoms with Gasteiger partial charge in [-0.05, 0) is 24.5 Å². The number of aliphatic hydroxyl groups is 1. The monoisotopic (exact) mass is 293 g/mol. The van der Waals surface area contributed by atoms with E-state index in [-0.39, 0.29) is 12.5 Å². The van der Waals surface area contributed by atoms with Gasteiger partial charge in [0.15, 0.2) is 0 Å². The number of halogens is 2. The smallest absolute Gasteiger partial charge is 0.240 e. The molecule has 0 spiro atoms. The highest BCUT2D eigenvalue weighted by Crippen LogP contribution is 2.13. The Bertz CT molecular complexity index is 512. The summed E-state index contributed by atoms with van der Waals surface area (Å²) in [5.41, 5.74) is 0. The van der Waals surface area contributed by atoms with Crippen molar-refractivity contribution in [3.05, 3.63) is 29.8 Å². The molecule has 7 heteroatoms. The van der Waals surface area contributed by atoms with E-state index in [2.05, 4.69) is 4.72 Å². The zero-order valence-corrected chi connectivity index (χ0v) is 11.5. The maximum atomic E-state index is 12.9. The SMILES string of the molecule is CC(C)CC(O)CNS(=O)(=O)c1cc(F)cc(F)c1. The van der Waals surface area contributed by atoms with Gasteiger partial charge in [0, 0.05) is 12.6 Å². The van der Waals surface area contributed by atoms with E-state index in [0.717, 1.165) is 12.1 Å². The Morgan fingerprint density at radius 2 is 1.74 bits per heavy atom. The number of hydrogen-bond acceptors (Lipinski definition) is 3. The summed E-state index contributed by atoms with van der Waals surface area (Å²) in [5.74, 6) is -1.72. The molecule has 4 nitrogen and oxygen atoms in total. The molecule has 108 valence electrons. The second kappa shape index (κ2) is 6.40. The molecule has 0 aliphatic rings. The summed E-state index contributed by atoms with van der Waals surface area (Å²) in [6, 6.07) is 2.03. The Kier molecular flexibility index (Phi) is 5.39. The third kappa shape index (κ3) is 5.22. The molecule has 0 aliphatic heterocycles. The Morgan fingerprint density at radius 3 is 2.21 bits per heavy atom. The van der Waals surface area contributed by atoms with E-state index >= 15 is 0 Å². The second-order valence-electron chi connectivity index (χ2n) is 4.74. The average molecular weight is 293 g/mol. The van der Waals surface area contributed by atoms with Crippen LogP contribution in [0.2, 0.25) is 0 Å². The van der Waals surface area contributed by atoms with Crippen molar-refractivity contribution in [3.63, 3.8) is 0 Å². The molecular weight excluding hydrogens is 276 g/mol. The normalized spacial score (nSPS) is 13.8. The lowest BCUT2D eigenvalue weighted by Crippen LogP contribution is -2.33. The predicted octanol–water partition coefficient (Wildman–Crippen LogP) is 1.65. The molecule has 1 rings (SSSR count). The van der Waals surface area contributed by atoms with Gasteiger partial charge in [-0.2, -0.15) is 0 Å². The number of aliphatic hydroxyl groups excluding tert-OH is 1. The van der Waals surface area contributed by atoms with Gasteiger partial charge in [0.2, 0.25) is 10.0 Å². The van der Waals surface area contributed by atoms with Gasteiger partial charge >= 0.3 is 0 Å². The summed E-state index contributed by atoms with van der Waals surface area (Å²) in [6.07, 6.45) is -0.409. The van der Waals surface area contributed by atoms with Crippen molar-refractivity contribution >= 4 is 10.0 Å². The summed E-state index contributed by atoms with van der Waals surface area (Å²) >= 11 is 0. The van der Waals surface area contributed by atoms with Crippen LogP contribution in [-0.4, -0.2) is 26.2 Å². The minimum Gasteiger partial charge on any atom is -0.392 e. The maximum absolute atomic E-state index is 12.9. The lowest BCUT2D eigenvalue weighted by molar-refractivity contribution is 0.152. The van der Waals surface area contributed by atoms with Crippen molar-refractivity contribution < 1.29 is 22.3 Å². The Hall–Kier alpha value is -1.05. The topological polar surface area (TPSA) is 66.4 Å². The highest BCUT2D eigenvalue weighted by molar-refractivity contribution is 7.89. The van der Waals surface area contributed by atoms with Crippen LogP contribution >= 0.6 is 0 Å². The largest absolute Gasteiger partial charge is 0.392 e. The van der Waals surface area contributed by atoms with Crippen LogP contribution in [0.3, 0.4) is 0 Å². The molecule has 0 aliphatic carbocycles. The van der Waals surface area contributed by atoms with Crippen LogP contribution in [-0.2, 0) is 10.0 Å². The van der Waals surface area contributed by atoms with Gasteiger partial charge in [-0.3, -0.25) is 0 Å². The van der Waals surface area contributed by atoms with Gasteiger partial charge in [-0.15, -0.1) is 0 Å². The highest BCUT2D eigenvalue weighted by atomic mass is 32.2. The van der Waals surface area contributed by atoms with Gasteiger partial charge in [0.25, 0.3) is 0 Å². The maximum Gasteiger partial charge on any atom is 0.240 e. The molecular formula is C12H17F2NO3S. The average Bonchev–Trinajstić information content (AvgIpc) is 2.24. The summed E-state index contributed by atoms with van der Waals surface area (Å²) in [5, 5.41) is 9.56. The Balaban J connectivity index is 2.76. The molecule has 2 N–H and O–H groups in total. The van der Waals surface area contributed by atoms with Crippen molar-refractivity contribution in [1.29, 1.82) is 0 Å². The quantitative estimate of drug-likeness (QED) is 0.838. The molecule has 0 saturated heterocycles. The summed E-state index contributed by atoms with van der Waals surface area (Å²) in [4.78, 5) is -0.498. The fraction of sp³-hybridized carbons (Fsp3) is 0.500. The molecule has 0 saturated carbocycles. The number of benzene rings is 1. The van der Waals surface area contributed by atoms with E-state index < -0.39 is 32.7 Å². The first-order chi connectivity index (χ1) is 8.70. The van der Waals surface area contributed by atoms with Gasteiger partial charge in [-0.25, -0.2) is 21.9 Å². The standard InChI is InChI=1S/C12H17F2NO3S/c1-8(2)3-11(16)7-15-19(17,18)12-5-9(13)4-10(14)6-12/h4-6,8,11,15-16H,3,7H2,1-2H3. The second-order valence-corrected chi connectivity index (χ2v) is 6.51. The third-order valence-electron chi connectivity index (χ3n) is 2.40. The number of nitrogens with one attached hydrogen (secondary N) is 1. The highest BCUT2D eigenvalue weighted by Gasteiger charge is 2.18. The van der Waals surface area contributed by atoms with Crippen LogP contribution in [0.5, 0.6) is 0 Å². The number of hydrogen-bond donors (Lipinski definition) is 2. The molecule has 0 radical (unpaired) electrons. The van der Waals surface area contributed by atoms with E-state index in [0.29, 0.717) is 12.5 Å². The predicted molar refractivity (Wildman–Crippen MR) is 67.0 cm³/mol. The van der Waals surface area contributed by atoms with E-state index in [4.69, 9.17) is 0 Å². The van der Waals surface area contributed by atoms with Crippen molar-refractivity contribution in [2.45, 2.75) is 31.3 Å². The van der Waals surface area contributed by atoms with E-state index in [1.165, 1.54) is 0 Å². The van der Waals surface area contributed by atoms with Crippen LogP contribution in [0.25, 0.3) is 0 Å². The molecule has 0 heterocycles. The zero-order chi connectivity index (χ0) is 14.6. The van der Waals surface area contributed by atoms with Gasteiger partial charge < -0.3 is 5.11 Å². The molecule has 1 atom stereocenters. The van der Waals surface area contributed by atoms with Crippen LogP contribution in [0.15, 0.2) is 23.1 Å². The van der Waals surface area contributed by atoms with Crippen molar-refractivity contribution in [3.8, 4) is 0 Å². The summed E-state index contributed by atoms with van der Waals surface area (Å²) < 4.78 is 51.6. The Morgan fingerprint density at radius 1 is 1.21 bits per heavy atom. The minimum absolute atomic E-state index is 0.196. The summed E-state index contributed by atoms with van der Waals surface area (Å²) in [6.45, 7) is 3.58. The molecule has 0 aromatic heterocycles. The lowest BCUT2D eigenvalue weighted by atomic mass is 10.1. The zero-order valence-electron chi connectivity index (χ0n) is 10.7. The van der Waals surface area contributed by atoms with Crippen LogP contribution in [0, 0.1) is 17.6 Å². The molecule has 0 fully saturated rings. The first kappa shape index (κ1) is 16.0. The fourth-order valence-corrected chi connectivity index (χ4v) is 2.71. The van der Waals surface area contributed by atoms with Crippen LogP contribution in [0.1, 0.15) is 20.3 Å². The third-order valence-corrected chi connectivity index (χ3v) is 3.80. The fourth-order valence-electron chi connectivity index (χ4n) is 1.60. The number of sulfonamides is 1. The van der Waals surface area contributed by atoms with Gasteiger partial charge in [0.05, 0.1) is 11.0 Å². The minimum atomic E-state index is -4.03. The van der Waals surface area contributed by atoms with Crippen molar-refractivity contribution in [1.82, 2.24) is 4.72 Å². The molecule has 1 aromatic carbocycles. The number of rotatable bonds is 6. The first-order valence-electron chi connectivity index (χ1n) is 5.84. The van der Waals surface area contributed by atoms with Crippen LogP contribution < -0.4 is 4.72 Å². The lowest BCUT2D eigenvalue weighted by Gasteiger charge is -2.14. The molecule has 0 bridgehead atoms. The Labute approximate surface area is 111 Å².